The van der Waals surface area contributed by atoms with E-state index in [1.165, 1.54) is 24.2 Å². The van der Waals surface area contributed by atoms with Crippen LogP contribution in [0.2, 0.25) is 10.0 Å². The Hall–Kier alpha value is -3.06. The molecule has 14 heteroatoms. The number of thioether (sulfide) groups is 1. The van der Waals surface area contributed by atoms with Gasteiger partial charge in [-0.3, -0.25) is 24.2 Å². The molecule has 9 atom stereocenters. The summed E-state index contributed by atoms with van der Waals surface area (Å²) in [5, 5.41) is 3.43. The largest absolute Gasteiger partial charge is 0.493 e. The number of hydrogen-bond acceptors (Lipinski definition) is 12. The summed E-state index contributed by atoms with van der Waals surface area (Å²) in [6.45, 7) is 13.0. The highest BCUT2D eigenvalue weighted by Gasteiger charge is 2.61. The van der Waals surface area contributed by atoms with Gasteiger partial charge in [-0.2, -0.15) is 0 Å². The van der Waals surface area contributed by atoms with E-state index in [-0.39, 0.29) is 18.2 Å². The number of cyclic esters (lactones) is 1. The fourth-order valence-corrected chi connectivity index (χ4v) is 9.62. The molecule has 2 saturated heterocycles. The predicted octanol–water partition coefficient (Wildman–Crippen LogP) is 7.62. The molecule has 1 N–H and O–H groups in total. The summed E-state index contributed by atoms with van der Waals surface area (Å²) < 4.78 is 29.7. The fourth-order valence-electron chi connectivity index (χ4n) is 7.79. The van der Waals surface area contributed by atoms with Crippen LogP contribution in [0, 0.1) is 29.6 Å². The van der Waals surface area contributed by atoms with Crippen molar-refractivity contribution in [1.29, 1.82) is 0 Å². The van der Waals surface area contributed by atoms with Crippen LogP contribution in [0.5, 0.6) is 11.5 Å². The highest BCUT2D eigenvalue weighted by molar-refractivity contribution is 8.00. The van der Waals surface area contributed by atoms with E-state index in [1.807, 2.05) is 33.8 Å². The van der Waals surface area contributed by atoms with Gasteiger partial charge in [-0.15, -0.1) is 11.8 Å². The Morgan fingerprint density at radius 1 is 0.943 bits per heavy atom. The standard InChI is InChI=1S/C39H52Cl2N2O9S/c1-10-31-39(7)32(23(4)33(44)21(2)16-38(6,49-9)17-22(3)34(45)24(5)36(46)51-31)35(37(47)52-39)53-14-13-50-30-15-25(11-12-29(30)48-8)43-18-26-27(40)19-42-20-28(26)41/h11-12,15,19-24,31-32,35,43H,10,13-14,16-18H2,1-9H3/t21-,22-,23?,24?,31-,32?,35?,38?,39-/m1/s1. The maximum absolute atomic E-state index is 14.2. The van der Waals surface area contributed by atoms with Gasteiger partial charge >= 0.3 is 11.9 Å². The maximum Gasteiger partial charge on any atom is 0.320 e. The van der Waals surface area contributed by atoms with Crippen LogP contribution in [0.4, 0.5) is 5.69 Å². The van der Waals surface area contributed by atoms with Gasteiger partial charge < -0.3 is 29.0 Å². The summed E-state index contributed by atoms with van der Waals surface area (Å²) in [4.78, 5) is 58.9. The second kappa shape index (κ2) is 18.0. The Morgan fingerprint density at radius 3 is 2.19 bits per heavy atom. The molecule has 11 nitrogen and oxygen atoms in total. The lowest BCUT2D eigenvalue weighted by Crippen LogP contribution is -2.53. The number of Topliss-reactive ketones (excluding diaryl/α,β-unsaturated/α-hetero) is 2. The van der Waals surface area contributed by atoms with E-state index < -0.39 is 64.1 Å². The van der Waals surface area contributed by atoms with Gasteiger partial charge in [-0.25, -0.2) is 0 Å². The quantitative estimate of drug-likeness (QED) is 0.136. The number of ether oxygens (including phenoxy) is 5. The van der Waals surface area contributed by atoms with Gasteiger partial charge in [-0.05, 0) is 52.2 Å². The molecule has 0 radical (unpaired) electrons. The van der Waals surface area contributed by atoms with Crippen molar-refractivity contribution in [3.05, 3.63) is 46.2 Å². The number of fused-ring (bicyclic) bond motifs is 1. The van der Waals surface area contributed by atoms with Crippen molar-refractivity contribution >= 4 is 64.2 Å². The van der Waals surface area contributed by atoms with Gasteiger partial charge in [0.25, 0.3) is 0 Å². The lowest BCUT2D eigenvalue weighted by molar-refractivity contribution is -0.183. The highest BCUT2D eigenvalue weighted by atomic mass is 35.5. The number of esters is 2. The molecule has 2 aliphatic heterocycles. The van der Waals surface area contributed by atoms with Crippen molar-refractivity contribution in [1.82, 2.24) is 4.98 Å². The first-order valence-electron chi connectivity index (χ1n) is 18.0. The van der Waals surface area contributed by atoms with E-state index in [0.29, 0.717) is 58.7 Å². The average molecular weight is 796 g/mol. The van der Waals surface area contributed by atoms with Crippen LogP contribution in [0.1, 0.15) is 73.3 Å². The molecule has 0 bridgehead atoms. The first kappa shape index (κ1) is 42.7. The molecular weight excluding hydrogens is 743 g/mol. The minimum Gasteiger partial charge on any atom is -0.493 e. The summed E-state index contributed by atoms with van der Waals surface area (Å²) in [5.41, 5.74) is -0.683. The van der Waals surface area contributed by atoms with Crippen LogP contribution in [0.25, 0.3) is 0 Å². The van der Waals surface area contributed by atoms with Crippen molar-refractivity contribution in [3.8, 4) is 11.5 Å². The van der Waals surface area contributed by atoms with E-state index in [2.05, 4.69) is 10.3 Å². The molecule has 4 rings (SSSR count). The topological polar surface area (TPSA) is 139 Å². The van der Waals surface area contributed by atoms with E-state index >= 15 is 0 Å². The predicted molar refractivity (Wildman–Crippen MR) is 206 cm³/mol. The van der Waals surface area contributed by atoms with Crippen molar-refractivity contribution in [2.45, 2.75) is 96.8 Å². The number of carbonyl (C=O) groups is 4. The number of methoxy groups -OCH3 is 2. The smallest absolute Gasteiger partial charge is 0.320 e. The Bertz CT molecular complexity index is 1640. The molecule has 2 fully saturated rings. The third-order valence-corrected chi connectivity index (χ3v) is 12.6. The Labute approximate surface area is 326 Å². The summed E-state index contributed by atoms with van der Waals surface area (Å²) in [5.74, 6) is -3.41. The number of ketones is 2. The minimum absolute atomic E-state index is 0.0568. The van der Waals surface area contributed by atoms with E-state index in [1.54, 1.807) is 47.1 Å². The molecule has 53 heavy (non-hydrogen) atoms. The SMILES string of the molecule is CC[C@H]1OC(=O)C(C)C(=O)[C@H](C)CC(C)(OC)C[C@@H](C)C(=O)C(C)C2C(SCCOc3cc(NCc4c(Cl)cncc4Cl)ccc3OC)C(=O)O[C@@]21C. The Morgan fingerprint density at radius 2 is 1.58 bits per heavy atom. The number of rotatable bonds is 11. The first-order valence-corrected chi connectivity index (χ1v) is 19.8. The van der Waals surface area contributed by atoms with Crippen LogP contribution in [-0.4, -0.2) is 77.6 Å². The van der Waals surface area contributed by atoms with Crippen LogP contribution >= 0.6 is 35.0 Å². The van der Waals surface area contributed by atoms with Crippen molar-refractivity contribution < 1.29 is 42.9 Å². The summed E-state index contributed by atoms with van der Waals surface area (Å²) in [7, 11) is 3.11. The maximum atomic E-state index is 14.2. The number of hydrogen-bond donors (Lipinski definition) is 1. The third-order valence-electron chi connectivity index (χ3n) is 10.7. The molecule has 1 aromatic heterocycles. The number of halogens is 2. The zero-order chi connectivity index (χ0) is 39.2. The molecule has 3 heterocycles. The van der Waals surface area contributed by atoms with Crippen molar-refractivity contribution in [2.75, 3.05) is 31.9 Å². The average Bonchev–Trinajstić information content (AvgIpc) is 3.39. The summed E-state index contributed by atoms with van der Waals surface area (Å²) in [6.07, 6.45) is 3.19. The number of nitrogens with one attached hydrogen (secondary N) is 1. The summed E-state index contributed by atoms with van der Waals surface area (Å²) in [6, 6.07) is 5.42. The zero-order valence-corrected chi connectivity index (χ0v) is 34.3. The molecule has 0 saturated carbocycles. The minimum atomic E-state index is -1.33. The first-order chi connectivity index (χ1) is 25.0. The van der Waals surface area contributed by atoms with Crippen LogP contribution < -0.4 is 14.8 Å². The summed E-state index contributed by atoms with van der Waals surface area (Å²) >= 11 is 13.9. The third kappa shape index (κ3) is 9.61. The monoisotopic (exact) mass is 794 g/mol. The second-order valence-electron chi connectivity index (χ2n) is 14.6. The van der Waals surface area contributed by atoms with E-state index in [9.17, 15) is 19.2 Å². The lowest BCUT2D eigenvalue weighted by atomic mass is 9.70. The van der Waals surface area contributed by atoms with E-state index in [0.717, 1.165) is 5.69 Å². The molecule has 0 aliphatic carbocycles. The molecule has 292 valence electrons. The van der Waals surface area contributed by atoms with Gasteiger partial charge in [0.2, 0.25) is 0 Å². The van der Waals surface area contributed by atoms with Crippen LogP contribution in [0.15, 0.2) is 30.6 Å². The lowest BCUT2D eigenvalue weighted by Gasteiger charge is -2.41. The number of pyridine rings is 1. The van der Waals surface area contributed by atoms with Crippen molar-refractivity contribution in [3.63, 3.8) is 0 Å². The van der Waals surface area contributed by atoms with Gasteiger partial charge in [0.1, 0.15) is 28.8 Å². The van der Waals surface area contributed by atoms with Gasteiger partial charge in [0, 0.05) is 72.8 Å². The molecule has 0 spiro atoms. The number of anilines is 1. The number of carbonyl (C=O) groups excluding carboxylic acids is 4. The normalized spacial score (nSPS) is 31.3. The zero-order valence-electron chi connectivity index (χ0n) is 32.0. The molecule has 2 aromatic rings. The molecule has 5 unspecified atom stereocenters. The van der Waals surface area contributed by atoms with Crippen LogP contribution in [-0.2, 0) is 39.9 Å². The van der Waals surface area contributed by atoms with E-state index in [4.69, 9.17) is 46.9 Å². The highest BCUT2D eigenvalue weighted by Crippen LogP contribution is 2.48. The van der Waals surface area contributed by atoms with Crippen molar-refractivity contribution in [2.24, 2.45) is 29.6 Å². The molecule has 2 aliphatic rings. The number of aromatic nitrogens is 1. The Balaban J connectivity index is 1.56. The molecule has 1 aromatic carbocycles. The number of nitrogens with zero attached hydrogens (tertiary/aromatic N) is 1. The molecule has 0 amide bonds. The van der Waals surface area contributed by atoms with Gasteiger partial charge in [0.15, 0.2) is 17.1 Å². The van der Waals surface area contributed by atoms with Gasteiger partial charge in [-0.1, -0.05) is 50.9 Å². The van der Waals surface area contributed by atoms with Gasteiger partial charge in [0.05, 0.1) is 29.4 Å². The second-order valence-corrected chi connectivity index (χ2v) is 16.6. The fraction of sp³-hybridized carbons (Fsp3) is 0.615. The number of benzene rings is 1. The Kier molecular flexibility index (Phi) is 14.5. The molecular formula is C39H52Cl2N2O9S. The van der Waals surface area contributed by atoms with Crippen LogP contribution in [0.3, 0.4) is 0 Å².